The summed E-state index contributed by atoms with van der Waals surface area (Å²) in [5, 5.41) is 9.04. The van der Waals surface area contributed by atoms with Crippen LogP contribution in [0.25, 0.3) is 0 Å². The third kappa shape index (κ3) is 4.75. The quantitative estimate of drug-likeness (QED) is 0.442. The van der Waals surface area contributed by atoms with Gasteiger partial charge in [-0.3, -0.25) is 4.79 Å². The first kappa shape index (κ1) is 13.9. The maximum absolute atomic E-state index is 11.5. The van der Waals surface area contributed by atoms with Gasteiger partial charge in [-0.05, 0) is 13.8 Å². The molecule has 0 saturated heterocycles. The molecule has 0 fully saturated rings. The Balaban J connectivity index is 4.24. The maximum atomic E-state index is 11.5. The predicted octanol–water partition coefficient (Wildman–Crippen LogP) is -1.28. The van der Waals surface area contributed by atoms with E-state index < -0.39 is 24.0 Å². The second-order valence-corrected chi connectivity index (χ2v) is 3.30. The summed E-state index contributed by atoms with van der Waals surface area (Å²) in [6, 6.07) is -1.31. The van der Waals surface area contributed by atoms with Crippen LogP contribution in [0.3, 0.4) is 0 Å². The molecular formula is C9H18N2O4. The smallest absolute Gasteiger partial charge is 0.332 e. The van der Waals surface area contributed by atoms with Crippen molar-refractivity contribution in [2.45, 2.75) is 26.0 Å². The number of hydrogen-bond acceptors (Lipinski definition) is 5. The summed E-state index contributed by atoms with van der Waals surface area (Å²) >= 11 is 0. The molecule has 6 heteroatoms. The fraction of sp³-hybridized carbons (Fsp3) is 0.778. The Bertz CT molecular complexity index is 230. The number of rotatable bonds is 5. The lowest BCUT2D eigenvalue weighted by Gasteiger charge is -2.21. The molecule has 0 saturated carbocycles. The fourth-order valence-corrected chi connectivity index (χ4v) is 1.06. The molecule has 1 amide bonds. The molecule has 15 heavy (non-hydrogen) atoms. The van der Waals surface area contributed by atoms with Gasteiger partial charge in [-0.25, -0.2) is 4.79 Å². The Kier molecular flexibility index (Phi) is 5.88. The first-order valence-corrected chi connectivity index (χ1v) is 4.75. The van der Waals surface area contributed by atoms with E-state index >= 15 is 0 Å². The molecule has 0 spiro atoms. The van der Waals surface area contributed by atoms with Gasteiger partial charge in [0, 0.05) is 13.6 Å². The second kappa shape index (κ2) is 6.36. The molecular weight excluding hydrogens is 200 g/mol. The van der Waals surface area contributed by atoms with E-state index in [-0.39, 0.29) is 13.2 Å². The van der Waals surface area contributed by atoms with Gasteiger partial charge in [0.15, 0.2) is 6.04 Å². The van der Waals surface area contributed by atoms with Crippen molar-refractivity contribution < 1.29 is 19.4 Å². The summed E-state index contributed by atoms with van der Waals surface area (Å²) in [6.07, 6.45) is -0.659. The van der Waals surface area contributed by atoms with Gasteiger partial charge < -0.3 is 20.5 Å². The molecule has 0 radical (unpaired) electrons. The first-order chi connectivity index (χ1) is 6.90. The number of amides is 1. The summed E-state index contributed by atoms with van der Waals surface area (Å²) in [7, 11) is 1.47. The van der Waals surface area contributed by atoms with Gasteiger partial charge in [0.1, 0.15) is 0 Å². The van der Waals surface area contributed by atoms with Crippen molar-refractivity contribution in [3.63, 3.8) is 0 Å². The van der Waals surface area contributed by atoms with Crippen molar-refractivity contribution in [1.29, 1.82) is 0 Å². The van der Waals surface area contributed by atoms with Crippen molar-refractivity contribution in [3.05, 3.63) is 0 Å². The Labute approximate surface area is 89.0 Å². The summed E-state index contributed by atoms with van der Waals surface area (Å²) in [4.78, 5) is 23.8. The van der Waals surface area contributed by atoms with Crippen molar-refractivity contribution in [2.75, 3.05) is 20.2 Å². The van der Waals surface area contributed by atoms with Crippen LogP contribution in [0, 0.1) is 0 Å². The molecule has 88 valence electrons. The van der Waals surface area contributed by atoms with Crippen LogP contribution in [0.1, 0.15) is 13.8 Å². The van der Waals surface area contributed by atoms with E-state index in [2.05, 4.69) is 4.74 Å². The number of carbonyl (C=O) groups is 2. The van der Waals surface area contributed by atoms with Gasteiger partial charge in [0.05, 0.1) is 12.7 Å². The zero-order valence-corrected chi connectivity index (χ0v) is 9.27. The van der Waals surface area contributed by atoms with Crippen LogP contribution in [0.4, 0.5) is 0 Å². The molecule has 3 N–H and O–H groups in total. The molecule has 6 nitrogen and oxygen atoms in total. The second-order valence-electron chi connectivity index (χ2n) is 3.30. The van der Waals surface area contributed by atoms with Gasteiger partial charge >= 0.3 is 5.97 Å². The topological polar surface area (TPSA) is 92.9 Å². The third-order valence-corrected chi connectivity index (χ3v) is 1.72. The van der Waals surface area contributed by atoms with E-state index in [9.17, 15) is 9.59 Å². The number of esters is 1. The van der Waals surface area contributed by atoms with Crippen LogP contribution < -0.4 is 5.73 Å². The van der Waals surface area contributed by atoms with E-state index in [1.807, 2.05) is 0 Å². The predicted molar refractivity (Wildman–Crippen MR) is 53.9 cm³/mol. The summed E-state index contributed by atoms with van der Waals surface area (Å²) in [5.41, 5.74) is 5.38. The molecule has 0 rings (SSSR count). The highest BCUT2D eigenvalue weighted by Crippen LogP contribution is 1.95. The minimum Gasteiger partial charge on any atom is -0.464 e. The molecule has 2 unspecified atom stereocenters. The SMILES string of the molecule is CCOC(=O)C(N)C(=O)N(C)CC(C)O. The average Bonchev–Trinajstić information content (AvgIpc) is 2.14. The molecule has 0 aromatic heterocycles. The number of nitrogens with zero attached hydrogens (tertiary/aromatic N) is 1. The van der Waals surface area contributed by atoms with E-state index in [1.54, 1.807) is 13.8 Å². The molecule has 0 aromatic carbocycles. The molecule has 0 aromatic rings. The Hall–Kier alpha value is -1.14. The zero-order valence-electron chi connectivity index (χ0n) is 9.27. The number of carbonyl (C=O) groups excluding carboxylic acids is 2. The first-order valence-electron chi connectivity index (χ1n) is 4.75. The number of likely N-dealkylation sites (N-methyl/N-ethyl adjacent to an activating group) is 1. The monoisotopic (exact) mass is 218 g/mol. The Morgan fingerprint density at radius 1 is 1.53 bits per heavy atom. The van der Waals surface area contributed by atoms with Gasteiger partial charge in [-0.1, -0.05) is 0 Å². The summed E-state index contributed by atoms with van der Waals surface area (Å²) in [5.74, 6) is -1.31. The van der Waals surface area contributed by atoms with Crippen LogP contribution in [0.5, 0.6) is 0 Å². The Morgan fingerprint density at radius 3 is 2.47 bits per heavy atom. The van der Waals surface area contributed by atoms with E-state index in [4.69, 9.17) is 10.8 Å². The van der Waals surface area contributed by atoms with E-state index in [0.717, 1.165) is 0 Å². The number of aliphatic hydroxyl groups excluding tert-OH is 1. The standard InChI is InChI=1S/C9H18N2O4/c1-4-15-9(14)7(10)8(13)11(3)5-6(2)12/h6-7,12H,4-5,10H2,1-3H3. The van der Waals surface area contributed by atoms with Gasteiger partial charge in [0.25, 0.3) is 5.91 Å². The fourth-order valence-electron chi connectivity index (χ4n) is 1.06. The lowest BCUT2D eigenvalue weighted by molar-refractivity contribution is -0.150. The minimum atomic E-state index is -1.31. The van der Waals surface area contributed by atoms with Gasteiger partial charge in [-0.15, -0.1) is 0 Å². The molecule has 0 bridgehead atoms. The van der Waals surface area contributed by atoms with Gasteiger partial charge in [-0.2, -0.15) is 0 Å². The van der Waals surface area contributed by atoms with Crippen molar-refractivity contribution in [2.24, 2.45) is 5.73 Å². The molecule has 0 heterocycles. The van der Waals surface area contributed by atoms with Crippen molar-refractivity contribution in [3.8, 4) is 0 Å². The highest BCUT2D eigenvalue weighted by molar-refractivity contribution is 6.01. The van der Waals surface area contributed by atoms with E-state index in [0.29, 0.717) is 0 Å². The summed E-state index contributed by atoms with van der Waals surface area (Å²) < 4.78 is 4.61. The lowest BCUT2D eigenvalue weighted by atomic mass is 10.2. The van der Waals surface area contributed by atoms with Crippen LogP contribution in [-0.4, -0.2) is 54.2 Å². The van der Waals surface area contributed by atoms with Crippen molar-refractivity contribution in [1.82, 2.24) is 4.90 Å². The van der Waals surface area contributed by atoms with Crippen LogP contribution >= 0.6 is 0 Å². The Morgan fingerprint density at radius 2 is 2.07 bits per heavy atom. The van der Waals surface area contributed by atoms with E-state index in [1.165, 1.54) is 11.9 Å². The number of ether oxygens (including phenoxy) is 1. The zero-order chi connectivity index (χ0) is 12.0. The molecule has 0 aliphatic carbocycles. The number of nitrogens with two attached hydrogens (primary N) is 1. The minimum absolute atomic E-state index is 0.131. The summed E-state index contributed by atoms with van der Waals surface area (Å²) in [6.45, 7) is 3.49. The normalized spacial score (nSPS) is 14.2. The highest BCUT2D eigenvalue weighted by atomic mass is 16.5. The van der Waals surface area contributed by atoms with Crippen LogP contribution in [0.2, 0.25) is 0 Å². The maximum Gasteiger partial charge on any atom is 0.332 e. The number of aliphatic hydroxyl groups is 1. The van der Waals surface area contributed by atoms with Gasteiger partial charge in [0.2, 0.25) is 0 Å². The lowest BCUT2D eigenvalue weighted by Crippen LogP contribution is -2.49. The number of hydrogen-bond donors (Lipinski definition) is 2. The molecule has 0 aliphatic rings. The van der Waals surface area contributed by atoms with Crippen LogP contribution in [0.15, 0.2) is 0 Å². The molecule has 2 atom stereocenters. The molecule has 0 aliphatic heterocycles. The largest absolute Gasteiger partial charge is 0.464 e. The third-order valence-electron chi connectivity index (χ3n) is 1.72. The van der Waals surface area contributed by atoms with Crippen LogP contribution in [-0.2, 0) is 14.3 Å². The average molecular weight is 218 g/mol. The highest BCUT2D eigenvalue weighted by Gasteiger charge is 2.26. The van der Waals surface area contributed by atoms with Crippen molar-refractivity contribution >= 4 is 11.9 Å².